The number of carbonyl (C=O) groups is 1. The van der Waals surface area contributed by atoms with E-state index in [4.69, 9.17) is 0 Å². The highest BCUT2D eigenvalue weighted by Gasteiger charge is 2.63. The van der Waals surface area contributed by atoms with Gasteiger partial charge in [-0.3, -0.25) is 4.79 Å². The molecule has 0 aromatic heterocycles. The summed E-state index contributed by atoms with van der Waals surface area (Å²) in [7, 11) is 0. The third-order valence-electron chi connectivity index (χ3n) is 7.47. The summed E-state index contributed by atoms with van der Waals surface area (Å²) in [5.41, 5.74) is 1.76. The average molecular weight is 530 g/mol. The second-order valence-electron chi connectivity index (χ2n) is 9.23. The van der Waals surface area contributed by atoms with Gasteiger partial charge in [-0.05, 0) is 34.5 Å². The van der Waals surface area contributed by atoms with Gasteiger partial charge in [0.1, 0.15) is 6.04 Å². The molecule has 172 valence electrons. The van der Waals surface area contributed by atoms with E-state index in [9.17, 15) is 15.3 Å². The van der Waals surface area contributed by atoms with Crippen LogP contribution in [0.3, 0.4) is 0 Å². The molecule has 0 N–H and O–H groups in total. The van der Waals surface area contributed by atoms with Crippen LogP contribution in [0.15, 0.2) is 102 Å². The van der Waals surface area contributed by atoms with Crippen LogP contribution in [0.4, 0.5) is 5.69 Å². The minimum absolute atomic E-state index is 0.102. The molecule has 0 aliphatic carbocycles. The van der Waals surface area contributed by atoms with Crippen molar-refractivity contribution >= 4 is 44.2 Å². The molecule has 4 aromatic carbocycles. The van der Waals surface area contributed by atoms with Gasteiger partial charge in [-0.2, -0.15) is 10.5 Å². The van der Waals surface area contributed by atoms with E-state index in [-0.39, 0.29) is 5.78 Å². The van der Waals surface area contributed by atoms with E-state index in [0.29, 0.717) is 5.56 Å². The number of anilines is 1. The van der Waals surface area contributed by atoms with Crippen molar-refractivity contribution in [3.8, 4) is 12.1 Å². The van der Waals surface area contributed by atoms with E-state index in [0.717, 1.165) is 32.1 Å². The number of benzene rings is 4. The number of rotatable bonds is 3. The van der Waals surface area contributed by atoms with Crippen molar-refractivity contribution in [1.29, 1.82) is 10.5 Å². The molecule has 2 heterocycles. The monoisotopic (exact) mass is 529 g/mol. The summed E-state index contributed by atoms with van der Waals surface area (Å²) >= 11 is 3.48. The number of ketones is 1. The highest BCUT2D eigenvalue weighted by molar-refractivity contribution is 9.10. The second-order valence-corrected chi connectivity index (χ2v) is 10.1. The number of Topliss-reactive ketones (excluding diaryl/α,β-unsaturated/α-hetero) is 1. The Hall–Kier alpha value is -4.19. The third-order valence-corrected chi connectivity index (χ3v) is 8.00. The van der Waals surface area contributed by atoms with Crippen LogP contribution in [0.5, 0.6) is 0 Å². The molecule has 4 nitrogen and oxygen atoms in total. The molecule has 3 atom stereocenters. The van der Waals surface area contributed by atoms with Crippen LogP contribution in [-0.4, -0.2) is 17.9 Å². The van der Waals surface area contributed by atoms with Crippen molar-refractivity contribution in [2.45, 2.75) is 18.0 Å². The van der Waals surface area contributed by atoms with Gasteiger partial charge in [-0.15, -0.1) is 0 Å². The van der Waals surface area contributed by atoms with Crippen LogP contribution in [0.25, 0.3) is 16.8 Å². The van der Waals surface area contributed by atoms with E-state index >= 15 is 0 Å². The topological polar surface area (TPSA) is 67.9 Å². The van der Waals surface area contributed by atoms with Crippen molar-refractivity contribution in [3.63, 3.8) is 0 Å². The molecule has 0 radical (unpaired) electrons. The fourth-order valence-corrected chi connectivity index (χ4v) is 6.13. The fraction of sp³-hybridized carbons (Fsp3) is 0.129. The SMILES string of the molecule is N#CC1(C#N)[C@@H](c2ccc(Br)cc2)[C@H](C(=O)c2ccccc2)N2c3ccc4ccccc4c3C=C[C@@H]21. The average Bonchev–Trinajstić information content (AvgIpc) is 3.24. The van der Waals surface area contributed by atoms with E-state index in [1.54, 1.807) is 12.1 Å². The molecule has 0 spiro atoms. The first-order valence-corrected chi connectivity index (χ1v) is 12.5. The number of halogens is 1. The molecule has 1 saturated heterocycles. The first kappa shape index (κ1) is 22.3. The summed E-state index contributed by atoms with van der Waals surface area (Å²) in [6.45, 7) is 0. The first-order valence-electron chi connectivity index (χ1n) is 11.7. The van der Waals surface area contributed by atoms with Crippen LogP contribution >= 0.6 is 15.9 Å². The summed E-state index contributed by atoms with van der Waals surface area (Å²) in [5.74, 6) is -0.754. The Morgan fingerprint density at radius 1 is 0.861 bits per heavy atom. The van der Waals surface area contributed by atoms with Gasteiger partial charge in [-0.1, -0.05) is 101 Å². The maximum Gasteiger partial charge on any atom is 0.185 e. The summed E-state index contributed by atoms with van der Waals surface area (Å²) in [6, 6.07) is 32.4. The van der Waals surface area contributed by atoms with Crippen molar-refractivity contribution < 1.29 is 4.79 Å². The van der Waals surface area contributed by atoms with Gasteiger partial charge in [0, 0.05) is 27.2 Å². The maximum absolute atomic E-state index is 14.3. The minimum Gasteiger partial charge on any atom is -0.351 e. The lowest BCUT2D eigenvalue weighted by molar-refractivity contribution is 0.0951. The Bertz CT molecular complexity index is 1600. The minimum atomic E-state index is -1.46. The summed E-state index contributed by atoms with van der Waals surface area (Å²) in [6.07, 6.45) is 3.95. The molecule has 0 bridgehead atoms. The third kappa shape index (κ3) is 3.14. The number of nitriles is 2. The molecule has 2 aliphatic rings. The highest BCUT2D eigenvalue weighted by Crippen LogP contribution is 2.56. The summed E-state index contributed by atoms with van der Waals surface area (Å²) in [4.78, 5) is 16.3. The molecule has 6 rings (SSSR count). The maximum atomic E-state index is 14.3. The van der Waals surface area contributed by atoms with Crippen LogP contribution in [0, 0.1) is 28.1 Å². The lowest BCUT2D eigenvalue weighted by Crippen LogP contribution is -2.44. The Balaban J connectivity index is 1.64. The highest BCUT2D eigenvalue weighted by atomic mass is 79.9. The van der Waals surface area contributed by atoms with Gasteiger partial charge in [0.2, 0.25) is 0 Å². The van der Waals surface area contributed by atoms with Crippen molar-refractivity contribution in [1.82, 2.24) is 0 Å². The predicted octanol–water partition coefficient (Wildman–Crippen LogP) is 6.89. The molecule has 2 aliphatic heterocycles. The zero-order chi connectivity index (χ0) is 24.9. The molecular formula is C31H20BrN3O. The molecule has 0 unspecified atom stereocenters. The lowest BCUT2D eigenvalue weighted by atomic mass is 9.69. The van der Waals surface area contributed by atoms with Gasteiger partial charge < -0.3 is 4.90 Å². The standard InChI is InChI=1S/C31H20BrN3O/c32-23-13-10-21(11-14-23)28-29(30(36)22-7-2-1-3-8-22)35-26-16-12-20-6-4-5-9-24(20)25(26)15-17-27(35)31(28,18-33)19-34/h1-17,27-29H/t27-,28+,29-/m1/s1. The van der Waals surface area contributed by atoms with E-state index in [1.807, 2.05) is 83.8 Å². The smallest absolute Gasteiger partial charge is 0.185 e. The predicted molar refractivity (Wildman–Crippen MR) is 144 cm³/mol. The lowest BCUT2D eigenvalue weighted by Gasteiger charge is -2.36. The number of fused-ring (bicyclic) bond motifs is 5. The summed E-state index contributed by atoms with van der Waals surface area (Å²) < 4.78 is 0.893. The van der Waals surface area contributed by atoms with Crippen LogP contribution in [0.1, 0.15) is 27.4 Å². The fourth-order valence-electron chi connectivity index (χ4n) is 5.86. The van der Waals surface area contributed by atoms with Crippen LogP contribution in [0.2, 0.25) is 0 Å². The van der Waals surface area contributed by atoms with Crippen molar-refractivity contribution in [2.75, 3.05) is 4.90 Å². The Morgan fingerprint density at radius 3 is 2.28 bits per heavy atom. The molecule has 0 amide bonds. The molecular weight excluding hydrogens is 510 g/mol. The van der Waals surface area contributed by atoms with Gasteiger partial charge in [-0.25, -0.2) is 0 Å². The van der Waals surface area contributed by atoms with E-state index < -0.39 is 23.4 Å². The first-order chi connectivity index (χ1) is 17.6. The Morgan fingerprint density at radius 2 is 1.56 bits per heavy atom. The van der Waals surface area contributed by atoms with Crippen molar-refractivity contribution in [2.24, 2.45) is 5.41 Å². The Kier molecular flexibility index (Phi) is 5.25. The second kappa shape index (κ2) is 8.48. The van der Waals surface area contributed by atoms with Gasteiger partial charge in [0.15, 0.2) is 11.2 Å². The molecule has 5 heteroatoms. The van der Waals surface area contributed by atoms with Gasteiger partial charge >= 0.3 is 0 Å². The molecule has 4 aromatic rings. The number of hydrogen-bond donors (Lipinski definition) is 0. The van der Waals surface area contributed by atoms with Gasteiger partial charge in [0.05, 0.1) is 18.2 Å². The number of nitrogens with zero attached hydrogens (tertiary/aromatic N) is 3. The number of hydrogen-bond acceptors (Lipinski definition) is 4. The number of carbonyl (C=O) groups excluding carboxylic acids is 1. The Labute approximate surface area is 217 Å². The van der Waals surface area contributed by atoms with Crippen LogP contribution < -0.4 is 4.90 Å². The van der Waals surface area contributed by atoms with Crippen molar-refractivity contribution in [3.05, 3.63) is 118 Å². The zero-order valence-corrected chi connectivity index (χ0v) is 20.8. The van der Waals surface area contributed by atoms with E-state index in [2.05, 4.69) is 40.2 Å². The largest absolute Gasteiger partial charge is 0.351 e. The summed E-state index contributed by atoms with van der Waals surface area (Å²) in [5, 5.41) is 23.3. The zero-order valence-electron chi connectivity index (χ0n) is 19.2. The quantitative estimate of drug-likeness (QED) is 0.271. The molecule has 36 heavy (non-hydrogen) atoms. The van der Waals surface area contributed by atoms with Crippen LogP contribution in [-0.2, 0) is 0 Å². The van der Waals surface area contributed by atoms with Gasteiger partial charge in [0.25, 0.3) is 0 Å². The molecule has 1 fully saturated rings. The normalized spacial score (nSPS) is 21.3. The van der Waals surface area contributed by atoms with E-state index in [1.165, 1.54) is 0 Å². The molecule has 0 saturated carbocycles.